The van der Waals surface area contributed by atoms with Gasteiger partial charge < -0.3 is 10.6 Å². The molecule has 0 saturated carbocycles. The average Bonchev–Trinajstić information content (AvgIpc) is 2.98. The molecule has 7 rings (SSSR count). The van der Waals surface area contributed by atoms with E-state index in [1.54, 1.807) is 0 Å². The maximum Gasteiger partial charge on any atom is 0.0472 e. The van der Waals surface area contributed by atoms with Crippen LogP contribution >= 0.6 is 15.8 Å². The molecule has 2 N–H and O–H groups in total. The van der Waals surface area contributed by atoms with Gasteiger partial charge in [0.05, 0.1) is 0 Å². The van der Waals surface area contributed by atoms with E-state index >= 15 is 0 Å². The Kier molecular flexibility index (Phi) is 7.23. The highest BCUT2D eigenvalue weighted by Gasteiger charge is 2.29. The lowest BCUT2D eigenvalue weighted by Crippen LogP contribution is -2.27. The lowest BCUT2D eigenvalue weighted by atomic mass is 10.1. The number of anilines is 4. The summed E-state index contributed by atoms with van der Waals surface area (Å²) in [4.78, 5) is 0. The van der Waals surface area contributed by atoms with Gasteiger partial charge in [-0.2, -0.15) is 0 Å². The van der Waals surface area contributed by atoms with Crippen molar-refractivity contribution in [2.75, 3.05) is 10.6 Å². The van der Waals surface area contributed by atoms with Crippen LogP contribution in [-0.4, -0.2) is 11.3 Å². The molecule has 0 bridgehead atoms. The third-order valence-electron chi connectivity index (χ3n) is 8.15. The van der Waals surface area contributed by atoms with Gasteiger partial charge in [-0.25, -0.2) is 0 Å². The number of rotatable bonds is 2. The molecule has 6 aromatic rings. The van der Waals surface area contributed by atoms with Gasteiger partial charge in [0.1, 0.15) is 0 Å². The number of para-hydroxylation sites is 2. The van der Waals surface area contributed by atoms with Crippen molar-refractivity contribution in [1.29, 1.82) is 0 Å². The molecule has 0 aromatic heterocycles. The molecule has 1 aliphatic rings. The molecule has 1 aliphatic heterocycles. The largest absolute Gasteiger partial charge is 0.354 e. The molecular weight excluding hydrogens is 546 g/mol. The van der Waals surface area contributed by atoms with Gasteiger partial charge in [-0.1, -0.05) is 113 Å². The van der Waals surface area contributed by atoms with E-state index in [4.69, 9.17) is 0 Å². The van der Waals surface area contributed by atoms with Gasteiger partial charge in [0, 0.05) is 44.0 Å². The van der Waals surface area contributed by atoms with Crippen molar-refractivity contribution in [3.8, 4) is 0 Å². The van der Waals surface area contributed by atoms with Gasteiger partial charge in [0.15, 0.2) is 0 Å². The second kappa shape index (κ2) is 11.2. The Morgan fingerprint density at radius 2 is 0.714 bits per heavy atom. The normalized spacial score (nSPS) is 16.4. The van der Waals surface area contributed by atoms with Gasteiger partial charge in [-0.05, 0) is 85.1 Å². The molecule has 208 valence electrons. The van der Waals surface area contributed by atoms with Crippen molar-refractivity contribution in [2.24, 2.45) is 0 Å². The number of hydrogen-bond acceptors (Lipinski definition) is 2. The maximum atomic E-state index is 4.03. The fraction of sp³-hybridized carbons (Fsp3) is 0.158. The molecule has 0 atom stereocenters. The molecule has 0 unspecified atom stereocenters. The molecule has 4 heteroatoms. The quantitative estimate of drug-likeness (QED) is 0.199. The Morgan fingerprint density at radius 3 is 1.12 bits per heavy atom. The van der Waals surface area contributed by atoms with Crippen LogP contribution in [0, 0.1) is 0 Å². The van der Waals surface area contributed by atoms with E-state index in [0.717, 1.165) is 0 Å². The van der Waals surface area contributed by atoms with Crippen LogP contribution in [0.5, 0.6) is 0 Å². The standard InChI is InChI=1S/C38H36N2P2/c1-25(2)41-35-19-11-9-17-31(35)39-33-21-27-13-5-7-15-29(27)23-37(33)42(26(3)4)38-24-30-16-8-6-14-28(30)22-34(38)40-32-18-10-12-20-36(32)41/h5-26,39-40H,1-4H3. The summed E-state index contributed by atoms with van der Waals surface area (Å²) in [7, 11) is -1.37. The number of benzene rings is 6. The van der Waals surface area contributed by atoms with Gasteiger partial charge in [0.2, 0.25) is 0 Å². The molecule has 0 spiro atoms. The molecule has 0 aliphatic carbocycles. The average molecular weight is 583 g/mol. The Labute approximate surface area is 251 Å². The predicted octanol–water partition coefficient (Wildman–Crippen LogP) is 9.48. The second-order valence-corrected chi connectivity index (χ2v) is 17.1. The zero-order chi connectivity index (χ0) is 28.8. The van der Waals surface area contributed by atoms with E-state index in [2.05, 4.69) is 160 Å². The summed E-state index contributed by atoms with van der Waals surface area (Å²) < 4.78 is 0. The number of nitrogens with one attached hydrogen (secondary N) is 2. The first-order valence-corrected chi connectivity index (χ1v) is 17.7. The van der Waals surface area contributed by atoms with Crippen molar-refractivity contribution in [2.45, 2.75) is 39.0 Å². The zero-order valence-corrected chi connectivity index (χ0v) is 26.4. The van der Waals surface area contributed by atoms with Gasteiger partial charge in [-0.15, -0.1) is 0 Å². The van der Waals surface area contributed by atoms with E-state index < -0.39 is 15.8 Å². The molecule has 0 saturated heterocycles. The highest BCUT2D eigenvalue weighted by molar-refractivity contribution is 7.74. The summed E-state index contributed by atoms with van der Waals surface area (Å²) in [6.45, 7) is 9.50. The van der Waals surface area contributed by atoms with Crippen LogP contribution in [0.3, 0.4) is 0 Å². The minimum atomic E-state index is -0.724. The maximum absolute atomic E-state index is 4.03. The Balaban J connectivity index is 1.59. The predicted molar refractivity (Wildman–Crippen MR) is 190 cm³/mol. The fourth-order valence-electron chi connectivity index (χ4n) is 6.30. The third kappa shape index (κ3) is 4.88. The van der Waals surface area contributed by atoms with Crippen LogP contribution in [0.15, 0.2) is 121 Å². The molecule has 1 heterocycles. The zero-order valence-electron chi connectivity index (χ0n) is 24.6. The van der Waals surface area contributed by atoms with Crippen LogP contribution in [0.2, 0.25) is 0 Å². The summed E-state index contributed by atoms with van der Waals surface area (Å²) in [6.07, 6.45) is 0. The first-order chi connectivity index (χ1) is 20.5. The Hall–Kier alpha value is -3.70. The number of hydrogen-bond donors (Lipinski definition) is 2. The van der Waals surface area contributed by atoms with E-state index in [-0.39, 0.29) is 0 Å². The lowest BCUT2D eigenvalue weighted by molar-refractivity contribution is 1.10. The molecule has 42 heavy (non-hydrogen) atoms. The highest BCUT2D eigenvalue weighted by Crippen LogP contribution is 2.49. The molecule has 0 radical (unpaired) electrons. The smallest absolute Gasteiger partial charge is 0.0472 e. The van der Waals surface area contributed by atoms with Crippen LogP contribution in [-0.2, 0) is 0 Å². The summed E-state index contributed by atoms with van der Waals surface area (Å²) >= 11 is 0. The van der Waals surface area contributed by atoms with Crippen molar-refractivity contribution in [3.63, 3.8) is 0 Å². The minimum absolute atomic E-state index is 0.435. The van der Waals surface area contributed by atoms with Crippen molar-refractivity contribution in [1.82, 2.24) is 0 Å². The van der Waals surface area contributed by atoms with Gasteiger partial charge in [-0.3, -0.25) is 0 Å². The van der Waals surface area contributed by atoms with Gasteiger partial charge >= 0.3 is 0 Å². The third-order valence-corrected chi connectivity index (χ3v) is 13.8. The molecule has 0 fully saturated rings. The van der Waals surface area contributed by atoms with Crippen LogP contribution in [0.1, 0.15) is 27.7 Å². The Bertz CT molecular complexity index is 1790. The second-order valence-electron chi connectivity index (χ2n) is 11.6. The van der Waals surface area contributed by atoms with E-state index in [0.29, 0.717) is 11.3 Å². The van der Waals surface area contributed by atoms with Crippen LogP contribution < -0.4 is 31.9 Å². The van der Waals surface area contributed by atoms with E-state index in [1.807, 2.05) is 0 Å². The topological polar surface area (TPSA) is 24.1 Å². The van der Waals surface area contributed by atoms with Gasteiger partial charge in [0.25, 0.3) is 0 Å². The van der Waals surface area contributed by atoms with E-state index in [1.165, 1.54) is 65.5 Å². The van der Waals surface area contributed by atoms with Crippen LogP contribution in [0.25, 0.3) is 21.5 Å². The molecule has 0 amide bonds. The molecule has 6 aromatic carbocycles. The Morgan fingerprint density at radius 1 is 0.381 bits per heavy atom. The van der Waals surface area contributed by atoms with E-state index in [9.17, 15) is 0 Å². The summed E-state index contributed by atoms with van der Waals surface area (Å²) in [5, 5.41) is 18.7. The van der Waals surface area contributed by atoms with Crippen molar-refractivity contribution in [3.05, 3.63) is 121 Å². The summed E-state index contributed by atoms with van der Waals surface area (Å²) in [6, 6.07) is 45.2. The monoisotopic (exact) mass is 582 g/mol. The molecule has 2 nitrogen and oxygen atoms in total. The lowest BCUT2D eigenvalue weighted by Gasteiger charge is -2.32. The fourth-order valence-corrected chi connectivity index (χ4v) is 11.6. The van der Waals surface area contributed by atoms with Crippen LogP contribution in [0.4, 0.5) is 22.7 Å². The molecular formula is C38H36N2P2. The SMILES string of the molecule is CC(C)P1c2ccccc2Nc2cc3ccccc3cc2P(C(C)C)c2cc3ccccc3cc2Nc2ccccc21. The number of fused-ring (bicyclic) bond motifs is 6. The minimum Gasteiger partial charge on any atom is -0.354 e. The summed E-state index contributed by atoms with van der Waals surface area (Å²) in [5.41, 5.74) is 5.75. The first-order valence-electron chi connectivity index (χ1n) is 14.8. The first kappa shape index (κ1) is 27.2. The van der Waals surface area contributed by atoms with Crippen molar-refractivity contribution >= 4 is 81.4 Å². The summed E-state index contributed by atoms with van der Waals surface area (Å²) in [5.74, 6) is 0. The highest BCUT2D eigenvalue weighted by atomic mass is 31.1. The van der Waals surface area contributed by atoms with Crippen molar-refractivity contribution < 1.29 is 0 Å².